The minimum atomic E-state index is 0.598. The molecule has 4 bridgehead atoms. The van der Waals surface area contributed by atoms with Crippen LogP contribution >= 0.6 is 0 Å². The lowest BCUT2D eigenvalue weighted by Crippen LogP contribution is -2.56. The summed E-state index contributed by atoms with van der Waals surface area (Å²) in [5, 5.41) is 0. The SMILES string of the molecule is NC1C2CCC3CC2CCC31. The van der Waals surface area contributed by atoms with Crippen LogP contribution in [-0.4, -0.2) is 6.04 Å². The fourth-order valence-electron chi connectivity index (χ4n) is 4.02. The monoisotopic (exact) mass is 151 g/mol. The molecular formula is C10H17N. The molecule has 0 radical (unpaired) electrons. The summed E-state index contributed by atoms with van der Waals surface area (Å²) in [7, 11) is 0. The smallest absolute Gasteiger partial charge is 0.0101 e. The Hall–Kier alpha value is -0.0400. The van der Waals surface area contributed by atoms with Crippen molar-refractivity contribution in [1.29, 1.82) is 0 Å². The van der Waals surface area contributed by atoms with E-state index in [1.807, 2.05) is 0 Å². The van der Waals surface area contributed by atoms with Gasteiger partial charge in [0.15, 0.2) is 0 Å². The lowest BCUT2D eigenvalue weighted by molar-refractivity contribution is -0.0367. The van der Waals surface area contributed by atoms with Gasteiger partial charge in [-0.1, -0.05) is 0 Å². The topological polar surface area (TPSA) is 26.0 Å². The fourth-order valence-corrected chi connectivity index (χ4v) is 4.02. The highest BCUT2D eigenvalue weighted by atomic mass is 14.7. The van der Waals surface area contributed by atoms with Crippen molar-refractivity contribution in [2.75, 3.05) is 0 Å². The predicted octanol–water partition coefficient (Wildman–Crippen LogP) is 1.77. The molecule has 0 aromatic carbocycles. The van der Waals surface area contributed by atoms with Gasteiger partial charge in [0.05, 0.1) is 0 Å². The third-order valence-corrected chi connectivity index (χ3v) is 4.55. The lowest BCUT2D eigenvalue weighted by Gasteiger charge is -2.56. The Kier molecular flexibility index (Phi) is 1.18. The van der Waals surface area contributed by atoms with Crippen molar-refractivity contribution >= 4 is 0 Å². The molecule has 5 aliphatic carbocycles. The number of nitrogens with two attached hydrogens (primary N) is 1. The summed E-state index contributed by atoms with van der Waals surface area (Å²) in [5.41, 5.74) is 6.21. The molecule has 5 saturated carbocycles. The zero-order valence-electron chi connectivity index (χ0n) is 7.00. The van der Waals surface area contributed by atoms with E-state index < -0.39 is 0 Å². The third kappa shape index (κ3) is 0.703. The van der Waals surface area contributed by atoms with Crippen molar-refractivity contribution in [3.63, 3.8) is 0 Å². The molecule has 0 heterocycles. The maximum atomic E-state index is 6.21. The van der Waals surface area contributed by atoms with Crippen LogP contribution in [0.4, 0.5) is 0 Å². The summed E-state index contributed by atoms with van der Waals surface area (Å²) in [6, 6.07) is 0.598. The van der Waals surface area contributed by atoms with E-state index in [4.69, 9.17) is 5.73 Å². The van der Waals surface area contributed by atoms with Crippen LogP contribution in [0.1, 0.15) is 32.1 Å². The van der Waals surface area contributed by atoms with Crippen LogP contribution in [0.5, 0.6) is 0 Å². The van der Waals surface area contributed by atoms with Crippen LogP contribution in [0.3, 0.4) is 0 Å². The van der Waals surface area contributed by atoms with Crippen LogP contribution in [0, 0.1) is 23.7 Å². The molecule has 0 spiro atoms. The fraction of sp³-hybridized carbons (Fsp3) is 1.00. The van der Waals surface area contributed by atoms with Crippen LogP contribution in [0.2, 0.25) is 0 Å². The van der Waals surface area contributed by atoms with Crippen molar-refractivity contribution < 1.29 is 0 Å². The maximum absolute atomic E-state index is 6.21. The second-order valence-corrected chi connectivity index (χ2v) is 4.82. The van der Waals surface area contributed by atoms with Gasteiger partial charge in [0.25, 0.3) is 0 Å². The highest BCUT2D eigenvalue weighted by molar-refractivity contribution is 5.02. The first-order valence-corrected chi connectivity index (χ1v) is 5.12. The van der Waals surface area contributed by atoms with E-state index in [1.54, 1.807) is 0 Å². The van der Waals surface area contributed by atoms with Gasteiger partial charge in [-0.25, -0.2) is 0 Å². The molecule has 0 aromatic heterocycles. The van der Waals surface area contributed by atoms with E-state index in [2.05, 4.69) is 0 Å². The second-order valence-electron chi connectivity index (χ2n) is 4.82. The Morgan fingerprint density at radius 3 is 1.73 bits per heavy atom. The predicted molar refractivity (Wildman–Crippen MR) is 45.0 cm³/mol. The molecule has 0 aromatic rings. The molecule has 1 nitrogen and oxygen atoms in total. The number of rotatable bonds is 0. The minimum Gasteiger partial charge on any atom is -0.327 e. The molecule has 5 aliphatic rings. The molecule has 5 rings (SSSR count). The van der Waals surface area contributed by atoms with E-state index in [-0.39, 0.29) is 0 Å². The van der Waals surface area contributed by atoms with Gasteiger partial charge < -0.3 is 5.73 Å². The van der Waals surface area contributed by atoms with Gasteiger partial charge in [0, 0.05) is 6.04 Å². The van der Waals surface area contributed by atoms with Crippen molar-refractivity contribution in [3.8, 4) is 0 Å². The van der Waals surface area contributed by atoms with E-state index in [1.165, 1.54) is 32.1 Å². The standard InChI is InChI=1S/C10H17N/c11-10-8-3-1-6-5-7(8)2-4-9(6)10/h6-10H,1-5,11H2. The first-order valence-electron chi connectivity index (χ1n) is 5.12. The number of hydrogen-bond donors (Lipinski definition) is 1. The van der Waals surface area contributed by atoms with Crippen LogP contribution in [0.15, 0.2) is 0 Å². The van der Waals surface area contributed by atoms with Crippen molar-refractivity contribution in [1.82, 2.24) is 0 Å². The van der Waals surface area contributed by atoms with Crippen molar-refractivity contribution in [3.05, 3.63) is 0 Å². The highest BCUT2D eigenvalue weighted by Crippen LogP contribution is 2.55. The van der Waals surface area contributed by atoms with Gasteiger partial charge >= 0.3 is 0 Å². The first-order chi connectivity index (χ1) is 5.36. The molecule has 62 valence electrons. The summed E-state index contributed by atoms with van der Waals surface area (Å²) in [4.78, 5) is 0. The summed E-state index contributed by atoms with van der Waals surface area (Å²) < 4.78 is 0. The van der Waals surface area contributed by atoms with Crippen LogP contribution < -0.4 is 5.73 Å². The Labute approximate surface area is 68.3 Å². The summed E-state index contributed by atoms with van der Waals surface area (Å²) in [5.74, 6) is 3.93. The molecule has 2 N–H and O–H groups in total. The average molecular weight is 151 g/mol. The Morgan fingerprint density at radius 1 is 0.818 bits per heavy atom. The number of hydrogen-bond acceptors (Lipinski definition) is 1. The highest BCUT2D eigenvalue weighted by Gasteiger charge is 2.50. The normalized spacial score (nSPS) is 60.3. The maximum Gasteiger partial charge on any atom is 0.0101 e. The average Bonchev–Trinajstić information content (AvgIpc) is 2.04. The van der Waals surface area contributed by atoms with Gasteiger partial charge in [-0.3, -0.25) is 0 Å². The summed E-state index contributed by atoms with van der Waals surface area (Å²) >= 11 is 0. The van der Waals surface area contributed by atoms with Crippen molar-refractivity contribution in [2.45, 2.75) is 38.1 Å². The Bertz CT molecular complexity index is 156. The van der Waals surface area contributed by atoms with Gasteiger partial charge in [0.2, 0.25) is 0 Å². The van der Waals surface area contributed by atoms with E-state index in [9.17, 15) is 0 Å². The Balaban J connectivity index is 1.97. The van der Waals surface area contributed by atoms with Gasteiger partial charge in [-0.15, -0.1) is 0 Å². The van der Waals surface area contributed by atoms with Gasteiger partial charge in [-0.2, -0.15) is 0 Å². The molecule has 0 saturated heterocycles. The van der Waals surface area contributed by atoms with E-state index in [0.717, 1.165) is 23.7 Å². The molecule has 5 fully saturated rings. The number of fused-ring (bicyclic) bond motifs is 2. The molecule has 0 aliphatic heterocycles. The molecule has 11 heavy (non-hydrogen) atoms. The quantitative estimate of drug-likeness (QED) is 0.561. The summed E-state index contributed by atoms with van der Waals surface area (Å²) in [6.45, 7) is 0. The third-order valence-electron chi connectivity index (χ3n) is 4.55. The molecule has 0 amide bonds. The van der Waals surface area contributed by atoms with Crippen LogP contribution in [-0.2, 0) is 0 Å². The van der Waals surface area contributed by atoms with E-state index in [0.29, 0.717) is 6.04 Å². The van der Waals surface area contributed by atoms with Crippen LogP contribution in [0.25, 0.3) is 0 Å². The molecular weight excluding hydrogens is 134 g/mol. The Morgan fingerprint density at radius 2 is 1.36 bits per heavy atom. The molecule has 1 heteroatoms. The first kappa shape index (κ1) is 6.47. The lowest BCUT2D eigenvalue weighted by atomic mass is 9.51. The second kappa shape index (κ2) is 2.01. The van der Waals surface area contributed by atoms with Crippen molar-refractivity contribution in [2.24, 2.45) is 29.4 Å². The van der Waals surface area contributed by atoms with Gasteiger partial charge in [-0.05, 0) is 55.8 Å². The molecule has 4 atom stereocenters. The van der Waals surface area contributed by atoms with E-state index >= 15 is 0 Å². The zero-order valence-corrected chi connectivity index (χ0v) is 7.00. The summed E-state index contributed by atoms with van der Waals surface area (Å²) in [6.07, 6.45) is 7.43. The van der Waals surface area contributed by atoms with Gasteiger partial charge in [0.1, 0.15) is 0 Å². The zero-order chi connectivity index (χ0) is 7.42. The largest absolute Gasteiger partial charge is 0.327 e. The minimum absolute atomic E-state index is 0.598. The molecule has 4 unspecified atom stereocenters.